The summed E-state index contributed by atoms with van der Waals surface area (Å²) in [4.78, 5) is 19.6. The van der Waals surface area contributed by atoms with Gasteiger partial charge in [-0.2, -0.15) is 4.98 Å². The Morgan fingerprint density at radius 1 is 1.15 bits per heavy atom. The van der Waals surface area contributed by atoms with Gasteiger partial charge in [-0.25, -0.2) is 0 Å². The molecule has 6 heteroatoms. The van der Waals surface area contributed by atoms with Crippen molar-refractivity contribution in [3.05, 3.63) is 59.7 Å². The first-order chi connectivity index (χ1) is 13.1. The third-order valence-electron chi connectivity index (χ3n) is 5.25. The van der Waals surface area contributed by atoms with Crippen molar-refractivity contribution in [2.24, 2.45) is 7.05 Å². The van der Waals surface area contributed by atoms with Crippen LogP contribution in [0.3, 0.4) is 0 Å². The van der Waals surface area contributed by atoms with Gasteiger partial charge in [-0.1, -0.05) is 18.0 Å². The number of nitrogens with zero attached hydrogens (tertiary/aromatic N) is 4. The molecule has 1 unspecified atom stereocenters. The summed E-state index contributed by atoms with van der Waals surface area (Å²) in [5.74, 6) is 1.15. The Morgan fingerprint density at radius 3 is 2.63 bits per heavy atom. The van der Waals surface area contributed by atoms with E-state index in [0.29, 0.717) is 17.3 Å². The van der Waals surface area contributed by atoms with E-state index >= 15 is 0 Å². The summed E-state index contributed by atoms with van der Waals surface area (Å²) < 4.78 is 7.33. The van der Waals surface area contributed by atoms with E-state index in [9.17, 15) is 4.79 Å². The molecule has 0 radical (unpaired) electrons. The summed E-state index contributed by atoms with van der Waals surface area (Å²) in [5, 5.41) is 3.82. The molecule has 140 valence electrons. The third kappa shape index (κ3) is 3.52. The average molecular weight is 364 g/mol. The third-order valence-corrected chi connectivity index (χ3v) is 5.25. The zero-order valence-corrected chi connectivity index (χ0v) is 15.8. The van der Waals surface area contributed by atoms with Gasteiger partial charge in [-0.3, -0.25) is 4.79 Å². The standard InChI is InChI=1S/C21H24N4O2/c1-15-22-20(27-23-15)16-9-11-17(12-10-16)21(26)25-14-5-3-4-7-19(25)18-8-6-13-24(18)2/h6,8-13,19H,3-5,7,14H2,1-2H3. The van der Waals surface area contributed by atoms with E-state index in [1.165, 1.54) is 12.1 Å². The summed E-state index contributed by atoms with van der Waals surface area (Å²) >= 11 is 0. The van der Waals surface area contributed by atoms with Crippen LogP contribution in [0.1, 0.15) is 53.6 Å². The zero-order valence-electron chi connectivity index (χ0n) is 15.8. The number of likely N-dealkylation sites (tertiary alicyclic amines) is 1. The monoisotopic (exact) mass is 364 g/mol. The van der Waals surface area contributed by atoms with Crippen LogP contribution in [0.5, 0.6) is 0 Å². The molecule has 2 aromatic heterocycles. The summed E-state index contributed by atoms with van der Waals surface area (Å²) in [6.45, 7) is 2.58. The van der Waals surface area contributed by atoms with Crippen LogP contribution in [0, 0.1) is 6.92 Å². The lowest BCUT2D eigenvalue weighted by atomic mass is 10.0. The van der Waals surface area contributed by atoms with E-state index in [4.69, 9.17) is 4.52 Å². The van der Waals surface area contributed by atoms with Gasteiger partial charge >= 0.3 is 0 Å². The Balaban J connectivity index is 1.60. The molecule has 0 N–H and O–H groups in total. The van der Waals surface area contributed by atoms with E-state index in [1.807, 2.05) is 48.5 Å². The molecule has 0 saturated carbocycles. The van der Waals surface area contributed by atoms with Crippen LogP contribution in [0.4, 0.5) is 0 Å². The van der Waals surface area contributed by atoms with Crippen molar-refractivity contribution in [2.45, 2.75) is 38.6 Å². The van der Waals surface area contributed by atoms with Crippen LogP contribution >= 0.6 is 0 Å². The first-order valence-corrected chi connectivity index (χ1v) is 9.46. The highest BCUT2D eigenvalue weighted by Gasteiger charge is 2.29. The predicted molar refractivity (Wildman–Crippen MR) is 102 cm³/mol. The van der Waals surface area contributed by atoms with Crippen molar-refractivity contribution in [3.63, 3.8) is 0 Å². The number of rotatable bonds is 3. The maximum absolute atomic E-state index is 13.3. The minimum absolute atomic E-state index is 0.0800. The highest BCUT2D eigenvalue weighted by molar-refractivity contribution is 5.95. The first-order valence-electron chi connectivity index (χ1n) is 9.46. The van der Waals surface area contributed by atoms with Gasteiger partial charge in [0.2, 0.25) is 0 Å². The molecule has 1 aliphatic rings. The lowest BCUT2D eigenvalue weighted by Crippen LogP contribution is -2.35. The number of carbonyl (C=O) groups is 1. The molecule has 6 nitrogen and oxygen atoms in total. The number of carbonyl (C=O) groups excluding carboxylic acids is 1. The molecular formula is C21H24N4O2. The van der Waals surface area contributed by atoms with Crippen LogP contribution in [-0.4, -0.2) is 32.1 Å². The van der Waals surface area contributed by atoms with E-state index in [1.54, 1.807) is 6.92 Å². The van der Waals surface area contributed by atoms with Gasteiger partial charge in [-0.05, 0) is 56.2 Å². The number of hydrogen-bond acceptors (Lipinski definition) is 4. The van der Waals surface area contributed by atoms with Gasteiger partial charge in [0.1, 0.15) is 0 Å². The van der Waals surface area contributed by atoms with Crippen LogP contribution in [0.2, 0.25) is 0 Å². The quantitative estimate of drug-likeness (QED) is 0.701. The maximum Gasteiger partial charge on any atom is 0.257 e. The minimum Gasteiger partial charge on any atom is -0.353 e. The molecule has 4 rings (SSSR count). The number of amides is 1. The van der Waals surface area contributed by atoms with Gasteiger partial charge < -0.3 is 14.0 Å². The van der Waals surface area contributed by atoms with Crippen molar-refractivity contribution in [3.8, 4) is 11.5 Å². The molecule has 1 fully saturated rings. The van der Waals surface area contributed by atoms with E-state index in [0.717, 1.165) is 31.4 Å². The van der Waals surface area contributed by atoms with Crippen LogP contribution in [0.25, 0.3) is 11.5 Å². The highest BCUT2D eigenvalue weighted by Crippen LogP contribution is 2.31. The van der Waals surface area contributed by atoms with Crippen LogP contribution in [-0.2, 0) is 7.05 Å². The molecular weight excluding hydrogens is 340 g/mol. The topological polar surface area (TPSA) is 64.2 Å². The first kappa shape index (κ1) is 17.5. The summed E-state index contributed by atoms with van der Waals surface area (Å²) in [7, 11) is 2.05. The second kappa shape index (κ2) is 7.39. The fourth-order valence-corrected chi connectivity index (χ4v) is 3.81. The molecule has 1 atom stereocenters. The zero-order chi connectivity index (χ0) is 18.8. The summed E-state index contributed by atoms with van der Waals surface area (Å²) in [6.07, 6.45) is 6.41. The summed E-state index contributed by atoms with van der Waals surface area (Å²) in [5.41, 5.74) is 2.71. The van der Waals surface area contributed by atoms with Crippen molar-refractivity contribution in [2.75, 3.05) is 6.54 Å². The molecule has 0 spiro atoms. The predicted octanol–water partition coefficient (Wildman–Crippen LogP) is 4.14. The largest absolute Gasteiger partial charge is 0.353 e. The average Bonchev–Trinajstić information content (AvgIpc) is 3.22. The number of benzene rings is 1. The Labute approximate surface area is 158 Å². The number of aryl methyl sites for hydroxylation is 2. The Kier molecular flexibility index (Phi) is 4.79. The normalized spacial score (nSPS) is 17.7. The molecule has 0 bridgehead atoms. The molecule has 1 aromatic carbocycles. The van der Waals surface area contributed by atoms with Crippen molar-refractivity contribution in [1.29, 1.82) is 0 Å². The van der Waals surface area contributed by atoms with E-state index in [-0.39, 0.29) is 11.9 Å². The molecule has 1 saturated heterocycles. The van der Waals surface area contributed by atoms with Gasteiger partial charge in [0.25, 0.3) is 11.8 Å². The number of aromatic nitrogens is 3. The minimum atomic E-state index is 0.0800. The van der Waals surface area contributed by atoms with Gasteiger partial charge in [0.05, 0.1) is 6.04 Å². The molecule has 3 heterocycles. The fraction of sp³-hybridized carbons (Fsp3) is 0.381. The smallest absolute Gasteiger partial charge is 0.257 e. The van der Waals surface area contributed by atoms with E-state index in [2.05, 4.69) is 20.8 Å². The SMILES string of the molecule is Cc1noc(-c2ccc(C(=O)N3CCCCCC3c3cccn3C)cc2)n1. The Bertz CT molecular complexity index is 926. The number of hydrogen-bond donors (Lipinski definition) is 0. The highest BCUT2D eigenvalue weighted by atomic mass is 16.5. The Hall–Kier alpha value is -2.89. The fourth-order valence-electron chi connectivity index (χ4n) is 3.81. The van der Waals surface area contributed by atoms with Crippen LogP contribution < -0.4 is 0 Å². The molecule has 27 heavy (non-hydrogen) atoms. The van der Waals surface area contributed by atoms with Gasteiger partial charge in [0, 0.05) is 36.6 Å². The summed E-state index contributed by atoms with van der Waals surface area (Å²) in [6, 6.07) is 11.7. The van der Waals surface area contributed by atoms with Crippen LogP contribution in [0.15, 0.2) is 47.1 Å². The molecule has 3 aromatic rings. The maximum atomic E-state index is 13.3. The van der Waals surface area contributed by atoms with Crippen molar-refractivity contribution in [1.82, 2.24) is 19.6 Å². The molecule has 1 amide bonds. The molecule has 0 aliphatic carbocycles. The second-order valence-electron chi connectivity index (χ2n) is 7.13. The van der Waals surface area contributed by atoms with Gasteiger partial charge in [-0.15, -0.1) is 0 Å². The van der Waals surface area contributed by atoms with Crippen molar-refractivity contribution < 1.29 is 9.32 Å². The Morgan fingerprint density at radius 2 is 1.96 bits per heavy atom. The lowest BCUT2D eigenvalue weighted by molar-refractivity contribution is 0.0674. The second-order valence-corrected chi connectivity index (χ2v) is 7.13. The lowest BCUT2D eigenvalue weighted by Gasteiger charge is -2.30. The van der Waals surface area contributed by atoms with Gasteiger partial charge in [0.15, 0.2) is 5.82 Å². The van der Waals surface area contributed by atoms with Crippen molar-refractivity contribution >= 4 is 5.91 Å². The molecule has 1 aliphatic heterocycles. The van der Waals surface area contributed by atoms with E-state index < -0.39 is 0 Å².